The SMILES string of the molecule is Cc1nccc2c1NC1=CC(=O)C=CC12. The van der Waals surface area contributed by atoms with Crippen molar-refractivity contribution in [3.05, 3.63) is 47.4 Å². The van der Waals surface area contributed by atoms with E-state index in [9.17, 15) is 4.79 Å². The minimum Gasteiger partial charge on any atom is -0.356 e. The van der Waals surface area contributed by atoms with Gasteiger partial charge in [-0.05, 0) is 24.6 Å². The maximum atomic E-state index is 11.2. The summed E-state index contributed by atoms with van der Waals surface area (Å²) >= 11 is 0. The van der Waals surface area contributed by atoms with Gasteiger partial charge in [0.05, 0.1) is 11.4 Å². The van der Waals surface area contributed by atoms with Gasteiger partial charge in [-0.2, -0.15) is 0 Å². The average molecular weight is 198 g/mol. The predicted octanol–water partition coefficient (Wildman–Crippen LogP) is 1.92. The van der Waals surface area contributed by atoms with E-state index in [1.54, 1.807) is 12.2 Å². The van der Waals surface area contributed by atoms with Gasteiger partial charge < -0.3 is 5.32 Å². The Morgan fingerprint density at radius 2 is 2.33 bits per heavy atom. The lowest BCUT2D eigenvalue weighted by molar-refractivity contribution is -0.110. The molecule has 1 atom stereocenters. The monoisotopic (exact) mass is 198 g/mol. The molecular formula is C12H10N2O. The molecule has 1 N–H and O–H groups in total. The van der Waals surface area contributed by atoms with Crippen molar-refractivity contribution < 1.29 is 4.79 Å². The van der Waals surface area contributed by atoms with Crippen LogP contribution in [0.25, 0.3) is 0 Å². The second-order valence-electron chi connectivity index (χ2n) is 3.82. The molecule has 2 aliphatic rings. The fourth-order valence-corrected chi connectivity index (χ4v) is 2.12. The van der Waals surface area contributed by atoms with Crippen LogP contribution in [0.3, 0.4) is 0 Å². The van der Waals surface area contributed by atoms with Crippen molar-refractivity contribution in [1.82, 2.24) is 4.98 Å². The first-order valence-electron chi connectivity index (χ1n) is 4.92. The van der Waals surface area contributed by atoms with E-state index < -0.39 is 0 Å². The van der Waals surface area contributed by atoms with Gasteiger partial charge in [0.15, 0.2) is 5.78 Å². The molecule has 1 aliphatic heterocycles. The van der Waals surface area contributed by atoms with Crippen molar-refractivity contribution in [3.8, 4) is 0 Å². The third-order valence-corrected chi connectivity index (χ3v) is 2.86. The van der Waals surface area contributed by atoms with Crippen molar-refractivity contribution in [2.45, 2.75) is 12.8 Å². The number of nitrogens with one attached hydrogen (secondary N) is 1. The zero-order valence-electron chi connectivity index (χ0n) is 8.32. The van der Waals surface area contributed by atoms with Gasteiger partial charge in [-0.15, -0.1) is 0 Å². The summed E-state index contributed by atoms with van der Waals surface area (Å²) in [4.78, 5) is 15.5. The number of carbonyl (C=O) groups excluding carboxylic acids is 1. The first-order chi connectivity index (χ1) is 7.25. The summed E-state index contributed by atoms with van der Waals surface area (Å²) in [6.45, 7) is 1.97. The maximum Gasteiger partial charge on any atom is 0.180 e. The van der Waals surface area contributed by atoms with Gasteiger partial charge in [-0.3, -0.25) is 9.78 Å². The van der Waals surface area contributed by atoms with E-state index in [0.29, 0.717) is 0 Å². The molecule has 1 aliphatic carbocycles. The second kappa shape index (κ2) is 2.79. The van der Waals surface area contributed by atoms with Crippen LogP contribution >= 0.6 is 0 Å². The van der Waals surface area contributed by atoms with Crippen LogP contribution in [-0.4, -0.2) is 10.8 Å². The lowest BCUT2D eigenvalue weighted by Gasteiger charge is -2.09. The van der Waals surface area contributed by atoms with Crippen LogP contribution in [0.5, 0.6) is 0 Å². The zero-order valence-corrected chi connectivity index (χ0v) is 8.32. The molecule has 1 unspecified atom stereocenters. The van der Waals surface area contributed by atoms with Crippen molar-refractivity contribution >= 4 is 11.5 Å². The van der Waals surface area contributed by atoms with Crippen molar-refractivity contribution in [1.29, 1.82) is 0 Å². The van der Waals surface area contributed by atoms with E-state index in [1.807, 2.05) is 25.3 Å². The highest BCUT2D eigenvalue weighted by molar-refractivity contribution is 6.02. The number of fused-ring (bicyclic) bond motifs is 3. The van der Waals surface area contributed by atoms with Gasteiger partial charge in [0, 0.05) is 23.9 Å². The maximum absolute atomic E-state index is 11.2. The number of pyridine rings is 1. The smallest absolute Gasteiger partial charge is 0.180 e. The molecule has 0 saturated carbocycles. The van der Waals surface area contributed by atoms with E-state index in [-0.39, 0.29) is 11.7 Å². The Bertz CT molecular complexity index is 514. The first-order valence-corrected chi connectivity index (χ1v) is 4.92. The second-order valence-corrected chi connectivity index (χ2v) is 3.82. The summed E-state index contributed by atoms with van der Waals surface area (Å²) in [6.07, 6.45) is 7.03. The molecule has 0 aromatic carbocycles. The molecule has 3 heteroatoms. The van der Waals surface area contributed by atoms with E-state index in [1.165, 1.54) is 5.56 Å². The Morgan fingerprint density at radius 3 is 3.20 bits per heavy atom. The number of allylic oxidation sites excluding steroid dienone is 3. The summed E-state index contributed by atoms with van der Waals surface area (Å²) in [5.41, 5.74) is 4.20. The van der Waals surface area contributed by atoms with Crippen LogP contribution < -0.4 is 5.32 Å². The van der Waals surface area contributed by atoms with Crippen LogP contribution in [0, 0.1) is 6.92 Å². The van der Waals surface area contributed by atoms with Crippen LogP contribution in [-0.2, 0) is 4.79 Å². The Hall–Kier alpha value is -1.90. The van der Waals surface area contributed by atoms with Crippen molar-refractivity contribution in [3.63, 3.8) is 0 Å². The molecule has 3 rings (SSSR count). The molecule has 1 aromatic rings. The van der Waals surface area contributed by atoms with Crippen LogP contribution in [0.1, 0.15) is 17.2 Å². The number of ketones is 1. The minimum absolute atomic E-state index is 0.0483. The number of aromatic nitrogens is 1. The number of rotatable bonds is 0. The van der Waals surface area contributed by atoms with Crippen LogP contribution in [0.4, 0.5) is 5.69 Å². The molecule has 0 spiro atoms. The van der Waals surface area contributed by atoms with Crippen molar-refractivity contribution in [2.75, 3.05) is 5.32 Å². The summed E-state index contributed by atoms with van der Waals surface area (Å²) in [7, 11) is 0. The lowest BCUT2D eigenvalue weighted by atomic mass is 9.94. The molecule has 1 aromatic heterocycles. The van der Waals surface area contributed by atoms with E-state index in [2.05, 4.69) is 10.3 Å². The molecule has 0 saturated heterocycles. The number of nitrogens with zero attached hydrogens (tertiary/aromatic N) is 1. The largest absolute Gasteiger partial charge is 0.356 e. The summed E-state index contributed by atoms with van der Waals surface area (Å²) < 4.78 is 0. The Kier molecular flexibility index (Phi) is 1.57. The number of carbonyl (C=O) groups is 1. The third kappa shape index (κ3) is 1.13. The number of hydrogen-bond donors (Lipinski definition) is 1. The Labute approximate surface area is 87.5 Å². The Morgan fingerprint density at radius 1 is 1.47 bits per heavy atom. The molecule has 74 valence electrons. The standard InChI is InChI=1S/C12H10N2O/c1-7-12-10(4-5-13-7)9-3-2-8(15)6-11(9)14-12/h2-6,9,14H,1H3. The molecule has 15 heavy (non-hydrogen) atoms. The quantitative estimate of drug-likeness (QED) is 0.692. The number of hydrogen-bond acceptors (Lipinski definition) is 3. The topological polar surface area (TPSA) is 42.0 Å². The van der Waals surface area contributed by atoms with Gasteiger partial charge in [0.25, 0.3) is 0 Å². The van der Waals surface area contributed by atoms with Crippen molar-refractivity contribution in [2.24, 2.45) is 0 Å². The first kappa shape index (κ1) is 8.41. The summed E-state index contributed by atoms with van der Waals surface area (Å²) in [5.74, 6) is 0.256. The van der Waals surface area contributed by atoms with E-state index in [0.717, 1.165) is 17.1 Å². The third-order valence-electron chi connectivity index (χ3n) is 2.86. The highest BCUT2D eigenvalue weighted by Crippen LogP contribution is 2.41. The normalized spacial score (nSPS) is 21.8. The lowest BCUT2D eigenvalue weighted by Crippen LogP contribution is -2.05. The average Bonchev–Trinajstić information content (AvgIpc) is 2.57. The molecule has 3 nitrogen and oxygen atoms in total. The van der Waals surface area contributed by atoms with Gasteiger partial charge >= 0.3 is 0 Å². The number of aryl methyl sites for hydroxylation is 1. The molecule has 2 heterocycles. The van der Waals surface area contributed by atoms with E-state index in [4.69, 9.17) is 0 Å². The predicted molar refractivity (Wildman–Crippen MR) is 57.6 cm³/mol. The highest BCUT2D eigenvalue weighted by atomic mass is 16.1. The molecular weight excluding hydrogens is 188 g/mol. The summed E-state index contributed by atoms with van der Waals surface area (Å²) in [5, 5.41) is 3.26. The number of anilines is 1. The summed E-state index contributed by atoms with van der Waals surface area (Å²) in [6, 6.07) is 2.00. The van der Waals surface area contributed by atoms with Crippen LogP contribution in [0.2, 0.25) is 0 Å². The fraction of sp³-hybridized carbons (Fsp3) is 0.167. The Balaban J connectivity index is 2.18. The molecule has 0 fully saturated rings. The van der Waals surface area contributed by atoms with Gasteiger partial charge in [0.1, 0.15) is 0 Å². The van der Waals surface area contributed by atoms with Gasteiger partial charge in [-0.1, -0.05) is 6.08 Å². The highest BCUT2D eigenvalue weighted by Gasteiger charge is 2.28. The van der Waals surface area contributed by atoms with Crippen LogP contribution in [0.15, 0.2) is 36.2 Å². The van der Waals surface area contributed by atoms with Gasteiger partial charge in [0.2, 0.25) is 0 Å². The van der Waals surface area contributed by atoms with Gasteiger partial charge in [-0.25, -0.2) is 0 Å². The molecule has 0 amide bonds. The molecule has 0 bridgehead atoms. The fourth-order valence-electron chi connectivity index (χ4n) is 2.12. The van der Waals surface area contributed by atoms with E-state index >= 15 is 0 Å². The minimum atomic E-state index is 0.0483. The zero-order chi connectivity index (χ0) is 10.4. The molecule has 0 radical (unpaired) electrons.